The summed E-state index contributed by atoms with van der Waals surface area (Å²) in [6.07, 6.45) is 0. The molecule has 0 fully saturated rings. The molecule has 0 heterocycles. The smallest absolute Gasteiger partial charge is 0.264 e. The van der Waals surface area contributed by atoms with Crippen LogP contribution in [0.4, 0.5) is 5.69 Å². The van der Waals surface area contributed by atoms with Crippen molar-refractivity contribution < 1.29 is 17.9 Å². The SMILES string of the molecule is COc1ccc(S(=O)(=O)N(CC(=O)N/N=C(\C)c2ccc(C(C)(C)C)cc2)c2cccc(Cl)c2)cc1. The van der Waals surface area contributed by atoms with E-state index in [4.69, 9.17) is 16.3 Å². The highest BCUT2D eigenvalue weighted by Crippen LogP contribution is 2.27. The number of carbonyl (C=O) groups is 1. The van der Waals surface area contributed by atoms with Gasteiger partial charge in [-0.25, -0.2) is 13.8 Å². The van der Waals surface area contributed by atoms with Crippen LogP contribution in [0.2, 0.25) is 5.02 Å². The van der Waals surface area contributed by atoms with Crippen LogP contribution >= 0.6 is 11.6 Å². The van der Waals surface area contributed by atoms with E-state index in [0.717, 1.165) is 9.87 Å². The van der Waals surface area contributed by atoms with Gasteiger partial charge in [0.1, 0.15) is 12.3 Å². The summed E-state index contributed by atoms with van der Waals surface area (Å²) in [5, 5.41) is 4.52. The predicted molar refractivity (Wildman–Crippen MR) is 144 cm³/mol. The van der Waals surface area contributed by atoms with Crippen molar-refractivity contribution in [3.8, 4) is 5.75 Å². The lowest BCUT2D eigenvalue weighted by Crippen LogP contribution is -2.39. The molecule has 0 aliphatic rings. The summed E-state index contributed by atoms with van der Waals surface area (Å²) in [6.45, 7) is 7.68. The Balaban J connectivity index is 1.84. The van der Waals surface area contributed by atoms with Crippen molar-refractivity contribution in [2.45, 2.75) is 38.0 Å². The summed E-state index contributed by atoms with van der Waals surface area (Å²) < 4.78 is 33.1. The second-order valence-corrected chi connectivity index (χ2v) is 11.5. The maximum atomic E-state index is 13.5. The van der Waals surface area contributed by atoms with Gasteiger partial charge in [-0.15, -0.1) is 0 Å². The molecule has 3 aromatic carbocycles. The number of hydrogen-bond donors (Lipinski definition) is 1. The number of carbonyl (C=O) groups excluding carboxylic acids is 1. The van der Waals surface area contributed by atoms with Crippen molar-refractivity contribution in [1.29, 1.82) is 0 Å². The topological polar surface area (TPSA) is 88.1 Å². The molecule has 0 bridgehead atoms. The number of benzene rings is 3. The minimum atomic E-state index is -4.09. The molecule has 36 heavy (non-hydrogen) atoms. The van der Waals surface area contributed by atoms with E-state index in [-0.39, 0.29) is 16.0 Å². The number of halogens is 1. The van der Waals surface area contributed by atoms with Gasteiger partial charge in [-0.1, -0.05) is 62.7 Å². The van der Waals surface area contributed by atoms with E-state index in [9.17, 15) is 13.2 Å². The van der Waals surface area contributed by atoms with Crippen LogP contribution in [0.1, 0.15) is 38.8 Å². The Hall–Kier alpha value is -3.36. The molecule has 0 aliphatic carbocycles. The standard InChI is InChI=1S/C27H30ClN3O4S/c1-19(20-9-11-21(12-10-20)27(2,3)4)29-30-26(32)18-31(23-8-6-7-22(28)17-23)36(33,34)25-15-13-24(35-5)14-16-25/h6-17H,18H2,1-5H3,(H,30,32)/b29-19+. The molecule has 0 spiro atoms. The van der Waals surface area contributed by atoms with Crippen molar-refractivity contribution in [3.05, 3.63) is 88.9 Å². The zero-order valence-electron chi connectivity index (χ0n) is 20.9. The van der Waals surface area contributed by atoms with E-state index in [1.807, 2.05) is 24.3 Å². The summed E-state index contributed by atoms with van der Waals surface area (Å²) in [6, 6.07) is 20.2. The Morgan fingerprint density at radius 1 is 1.03 bits per heavy atom. The monoisotopic (exact) mass is 527 g/mol. The highest BCUT2D eigenvalue weighted by Gasteiger charge is 2.27. The van der Waals surface area contributed by atoms with E-state index in [1.54, 1.807) is 37.3 Å². The highest BCUT2D eigenvalue weighted by atomic mass is 35.5. The Labute approximate surface area is 217 Å². The van der Waals surface area contributed by atoms with Crippen molar-refractivity contribution in [3.63, 3.8) is 0 Å². The fourth-order valence-corrected chi connectivity index (χ4v) is 5.01. The van der Waals surface area contributed by atoms with Gasteiger partial charge in [0.05, 0.1) is 23.4 Å². The van der Waals surface area contributed by atoms with Gasteiger partial charge in [0.25, 0.3) is 15.9 Å². The lowest BCUT2D eigenvalue weighted by Gasteiger charge is -2.24. The first-order valence-electron chi connectivity index (χ1n) is 11.3. The van der Waals surface area contributed by atoms with E-state index in [1.165, 1.54) is 30.9 Å². The number of hydrazone groups is 1. The van der Waals surface area contributed by atoms with Gasteiger partial charge in [0.2, 0.25) is 0 Å². The molecular formula is C27H30ClN3O4S. The minimum absolute atomic E-state index is 0.00898. The van der Waals surface area contributed by atoms with Crippen LogP contribution < -0.4 is 14.5 Å². The molecule has 3 rings (SSSR count). The van der Waals surface area contributed by atoms with Crippen molar-refractivity contribution in [2.24, 2.45) is 5.10 Å². The third-order valence-corrected chi connectivity index (χ3v) is 7.57. The number of hydrogen-bond acceptors (Lipinski definition) is 5. The molecule has 0 saturated heterocycles. The maximum Gasteiger partial charge on any atom is 0.264 e. The zero-order chi connectivity index (χ0) is 26.5. The third kappa shape index (κ3) is 6.65. The first kappa shape index (κ1) is 27.2. The Morgan fingerprint density at radius 3 is 2.22 bits per heavy atom. The first-order chi connectivity index (χ1) is 16.9. The van der Waals surface area contributed by atoms with Crippen molar-refractivity contribution >= 4 is 38.9 Å². The molecule has 1 amide bonds. The van der Waals surface area contributed by atoms with Gasteiger partial charge in [-0.05, 0) is 65.9 Å². The van der Waals surface area contributed by atoms with Crippen LogP contribution in [0.3, 0.4) is 0 Å². The molecule has 9 heteroatoms. The fourth-order valence-electron chi connectivity index (χ4n) is 3.41. The average molecular weight is 528 g/mol. The largest absolute Gasteiger partial charge is 0.497 e. The second kappa shape index (κ2) is 11.1. The third-order valence-electron chi connectivity index (χ3n) is 5.55. The number of rotatable bonds is 8. The molecule has 0 aromatic heterocycles. The highest BCUT2D eigenvalue weighted by molar-refractivity contribution is 7.92. The van der Waals surface area contributed by atoms with Crippen molar-refractivity contribution in [1.82, 2.24) is 5.43 Å². The van der Waals surface area contributed by atoms with Gasteiger partial charge in [0, 0.05) is 5.02 Å². The van der Waals surface area contributed by atoms with Gasteiger partial charge in [-0.2, -0.15) is 5.10 Å². The van der Waals surface area contributed by atoms with Crippen LogP contribution in [0, 0.1) is 0 Å². The Bertz CT molecular complexity index is 1350. The first-order valence-corrected chi connectivity index (χ1v) is 13.1. The number of ether oxygens (including phenoxy) is 1. The predicted octanol–water partition coefficient (Wildman–Crippen LogP) is 5.38. The van der Waals surface area contributed by atoms with Gasteiger partial charge >= 0.3 is 0 Å². The van der Waals surface area contributed by atoms with Crippen LogP contribution in [0.15, 0.2) is 82.8 Å². The summed E-state index contributed by atoms with van der Waals surface area (Å²) >= 11 is 6.11. The number of sulfonamides is 1. The average Bonchev–Trinajstić information content (AvgIpc) is 2.85. The van der Waals surface area contributed by atoms with Crippen molar-refractivity contribution in [2.75, 3.05) is 18.0 Å². The molecule has 0 unspecified atom stereocenters. The van der Waals surface area contributed by atoms with Crippen LogP contribution in [0.25, 0.3) is 0 Å². The van der Waals surface area contributed by atoms with E-state index in [0.29, 0.717) is 16.5 Å². The molecule has 190 valence electrons. The molecule has 0 aliphatic heterocycles. The van der Waals surface area contributed by atoms with E-state index < -0.39 is 22.5 Å². The van der Waals surface area contributed by atoms with E-state index in [2.05, 4.69) is 31.3 Å². The quantitative estimate of drug-likeness (QED) is 0.314. The van der Waals surface area contributed by atoms with Crippen LogP contribution in [-0.2, 0) is 20.2 Å². The Morgan fingerprint density at radius 2 is 1.67 bits per heavy atom. The molecule has 0 atom stereocenters. The number of methoxy groups -OCH3 is 1. The molecule has 7 nitrogen and oxygen atoms in total. The lowest BCUT2D eigenvalue weighted by atomic mass is 9.86. The molecule has 3 aromatic rings. The van der Waals surface area contributed by atoms with E-state index >= 15 is 0 Å². The molecule has 0 saturated carbocycles. The van der Waals surface area contributed by atoms with Crippen LogP contribution in [-0.4, -0.2) is 33.7 Å². The number of anilines is 1. The van der Waals surface area contributed by atoms with Gasteiger partial charge < -0.3 is 4.74 Å². The minimum Gasteiger partial charge on any atom is -0.497 e. The second-order valence-electron chi connectivity index (χ2n) is 9.23. The summed E-state index contributed by atoms with van der Waals surface area (Å²) in [5.41, 5.74) is 5.38. The van der Waals surface area contributed by atoms with Gasteiger partial charge in [0.15, 0.2) is 0 Å². The summed E-state index contributed by atoms with van der Waals surface area (Å²) in [4.78, 5) is 12.8. The zero-order valence-corrected chi connectivity index (χ0v) is 22.5. The summed E-state index contributed by atoms with van der Waals surface area (Å²) in [7, 11) is -2.60. The number of nitrogens with zero attached hydrogens (tertiary/aromatic N) is 2. The molecule has 1 N–H and O–H groups in total. The maximum absolute atomic E-state index is 13.5. The fraction of sp³-hybridized carbons (Fsp3) is 0.259. The van der Waals surface area contributed by atoms with Crippen LogP contribution in [0.5, 0.6) is 5.75 Å². The number of amides is 1. The summed E-state index contributed by atoms with van der Waals surface area (Å²) in [5.74, 6) is -0.0842. The molecule has 0 radical (unpaired) electrons. The molecular weight excluding hydrogens is 498 g/mol. The normalized spacial score (nSPS) is 12.2. The number of nitrogens with one attached hydrogen (secondary N) is 1. The Kier molecular flexibility index (Phi) is 8.43. The van der Waals surface area contributed by atoms with Gasteiger partial charge in [-0.3, -0.25) is 9.10 Å². The lowest BCUT2D eigenvalue weighted by molar-refractivity contribution is -0.119.